The number of carbonyl (C=O) groups is 1. The highest BCUT2D eigenvalue weighted by Gasteiger charge is 2.46. The molecule has 82 valence electrons. The van der Waals surface area contributed by atoms with Gasteiger partial charge in [-0.15, -0.1) is 0 Å². The molecule has 1 N–H and O–H groups in total. The largest absolute Gasteiger partial charge is 0.481 e. The molecule has 4 nitrogen and oxygen atoms in total. The summed E-state index contributed by atoms with van der Waals surface area (Å²) >= 11 is 3.39. The van der Waals surface area contributed by atoms with E-state index in [1.807, 2.05) is 28.8 Å². The highest BCUT2D eigenvalue weighted by atomic mass is 79.9. The first kappa shape index (κ1) is 9.84. The number of pyridine rings is 1. The van der Waals surface area contributed by atoms with Crippen LogP contribution in [0, 0.1) is 5.92 Å². The number of aromatic nitrogens is 2. The lowest BCUT2D eigenvalue weighted by Gasteiger charge is -1.97. The standard InChI is InChI=1S/C11H9BrN2O2/c12-9-8-3-1-2-4-14(8)10(13-9)6-5-7(6)11(15)16/h1-4,6-7H,5H2,(H,15,16). The Kier molecular flexibility index (Phi) is 2.04. The number of aliphatic carboxylic acids is 1. The van der Waals surface area contributed by atoms with E-state index in [0.717, 1.165) is 15.9 Å². The average Bonchev–Trinajstić information content (AvgIpc) is 3.00. The number of rotatable bonds is 2. The Balaban J connectivity index is 2.09. The van der Waals surface area contributed by atoms with E-state index in [4.69, 9.17) is 5.11 Å². The number of carboxylic acid groups (broad SMARTS) is 1. The van der Waals surface area contributed by atoms with Crippen molar-refractivity contribution in [1.29, 1.82) is 0 Å². The minimum Gasteiger partial charge on any atom is -0.481 e. The molecule has 0 spiro atoms. The predicted molar refractivity (Wildman–Crippen MR) is 61.4 cm³/mol. The van der Waals surface area contributed by atoms with E-state index in [1.165, 1.54) is 0 Å². The van der Waals surface area contributed by atoms with Crippen LogP contribution in [-0.4, -0.2) is 20.5 Å². The normalized spacial score (nSPS) is 23.6. The highest BCUT2D eigenvalue weighted by molar-refractivity contribution is 9.10. The van der Waals surface area contributed by atoms with E-state index in [9.17, 15) is 4.79 Å². The molecule has 0 aromatic carbocycles. The van der Waals surface area contributed by atoms with E-state index >= 15 is 0 Å². The number of imidazole rings is 1. The summed E-state index contributed by atoms with van der Waals surface area (Å²) in [5, 5.41) is 8.92. The Labute approximate surface area is 100 Å². The molecule has 1 aliphatic carbocycles. The maximum Gasteiger partial charge on any atom is 0.307 e. The zero-order valence-corrected chi connectivity index (χ0v) is 9.89. The minimum absolute atomic E-state index is 0.0544. The van der Waals surface area contributed by atoms with Crippen molar-refractivity contribution in [3.05, 3.63) is 34.8 Å². The molecule has 0 amide bonds. The summed E-state index contributed by atoms with van der Waals surface area (Å²) in [4.78, 5) is 15.2. The third-order valence-corrected chi connectivity index (χ3v) is 3.55. The second-order valence-corrected chi connectivity index (χ2v) is 4.75. The van der Waals surface area contributed by atoms with Gasteiger partial charge in [-0.1, -0.05) is 6.07 Å². The fourth-order valence-electron chi connectivity index (χ4n) is 2.04. The molecule has 1 fully saturated rings. The van der Waals surface area contributed by atoms with Crippen LogP contribution in [0.25, 0.3) is 5.52 Å². The van der Waals surface area contributed by atoms with Crippen LogP contribution < -0.4 is 0 Å². The number of nitrogens with zero attached hydrogens (tertiary/aromatic N) is 2. The van der Waals surface area contributed by atoms with Crippen molar-refractivity contribution in [1.82, 2.24) is 9.38 Å². The SMILES string of the molecule is O=C(O)C1CC1c1nc(Br)c2ccccn12. The topological polar surface area (TPSA) is 54.6 Å². The van der Waals surface area contributed by atoms with Crippen LogP contribution in [0.5, 0.6) is 0 Å². The molecule has 1 aliphatic rings. The van der Waals surface area contributed by atoms with Crippen LogP contribution in [0.3, 0.4) is 0 Å². The predicted octanol–water partition coefficient (Wildman–Crippen LogP) is 2.28. The summed E-state index contributed by atoms with van der Waals surface area (Å²) in [6.45, 7) is 0. The van der Waals surface area contributed by atoms with E-state index in [1.54, 1.807) is 0 Å². The van der Waals surface area contributed by atoms with Crippen LogP contribution in [0.1, 0.15) is 18.2 Å². The molecule has 2 unspecified atom stereocenters. The number of fused-ring (bicyclic) bond motifs is 1. The second kappa shape index (κ2) is 3.31. The number of carboxylic acids is 1. The summed E-state index contributed by atoms with van der Waals surface area (Å²) in [7, 11) is 0. The molecule has 16 heavy (non-hydrogen) atoms. The molecule has 2 aromatic heterocycles. The van der Waals surface area contributed by atoms with Crippen LogP contribution in [0.15, 0.2) is 29.0 Å². The Hall–Kier alpha value is -1.36. The van der Waals surface area contributed by atoms with Gasteiger partial charge < -0.3 is 9.51 Å². The smallest absolute Gasteiger partial charge is 0.307 e. The van der Waals surface area contributed by atoms with Gasteiger partial charge >= 0.3 is 5.97 Å². The molecule has 0 radical (unpaired) electrons. The Bertz CT molecular complexity index is 578. The van der Waals surface area contributed by atoms with Gasteiger partial charge in [-0.25, -0.2) is 4.98 Å². The third kappa shape index (κ3) is 1.35. The zero-order valence-electron chi connectivity index (χ0n) is 8.30. The Morgan fingerprint density at radius 3 is 3.06 bits per heavy atom. The van der Waals surface area contributed by atoms with Crippen LogP contribution in [-0.2, 0) is 4.79 Å². The summed E-state index contributed by atoms with van der Waals surface area (Å²) < 4.78 is 2.73. The minimum atomic E-state index is -0.728. The van der Waals surface area contributed by atoms with E-state index < -0.39 is 5.97 Å². The molecule has 2 atom stereocenters. The molecule has 0 saturated heterocycles. The lowest BCUT2D eigenvalue weighted by molar-refractivity contribution is -0.138. The first-order valence-corrected chi connectivity index (χ1v) is 5.83. The van der Waals surface area contributed by atoms with Crippen LogP contribution in [0.2, 0.25) is 0 Å². The Morgan fingerprint density at radius 1 is 1.56 bits per heavy atom. The van der Waals surface area contributed by atoms with Gasteiger partial charge in [0.15, 0.2) is 0 Å². The van der Waals surface area contributed by atoms with Gasteiger partial charge in [0.2, 0.25) is 0 Å². The number of halogens is 1. The molecule has 1 saturated carbocycles. The van der Waals surface area contributed by atoms with Gasteiger partial charge in [0.1, 0.15) is 10.4 Å². The van der Waals surface area contributed by atoms with E-state index in [0.29, 0.717) is 6.42 Å². The fourth-order valence-corrected chi connectivity index (χ4v) is 2.54. The van der Waals surface area contributed by atoms with Gasteiger partial charge in [0.05, 0.1) is 11.4 Å². The average molecular weight is 281 g/mol. The monoisotopic (exact) mass is 280 g/mol. The van der Waals surface area contributed by atoms with Crippen molar-refractivity contribution >= 4 is 27.4 Å². The van der Waals surface area contributed by atoms with E-state index in [-0.39, 0.29) is 11.8 Å². The lowest BCUT2D eigenvalue weighted by atomic mass is 10.3. The van der Waals surface area contributed by atoms with Gasteiger partial charge in [-0.3, -0.25) is 4.79 Å². The van der Waals surface area contributed by atoms with Crippen LogP contribution >= 0.6 is 15.9 Å². The van der Waals surface area contributed by atoms with Crippen molar-refractivity contribution < 1.29 is 9.90 Å². The number of hydrogen-bond donors (Lipinski definition) is 1. The molecule has 3 rings (SSSR count). The summed E-state index contributed by atoms with van der Waals surface area (Å²) in [5.74, 6) is -0.0971. The fraction of sp³-hybridized carbons (Fsp3) is 0.273. The number of hydrogen-bond acceptors (Lipinski definition) is 2. The lowest BCUT2D eigenvalue weighted by Crippen LogP contribution is -2.01. The third-order valence-electron chi connectivity index (χ3n) is 2.97. The zero-order chi connectivity index (χ0) is 11.3. The Morgan fingerprint density at radius 2 is 2.38 bits per heavy atom. The van der Waals surface area contributed by atoms with E-state index in [2.05, 4.69) is 20.9 Å². The molecule has 0 aliphatic heterocycles. The molecule has 5 heteroatoms. The molecular weight excluding hydrogens is 272 g/mol. The molecule has 2 heterocycles. The first-order valence-electron chi connectivity index (χ1n) is 5.04. The molecule has 2 aromatic rings. The van der Waals surface area contributed by atoms with Crippen molar-refractivity contribution in [3.8, 4) is 0 Å². The van der Waals surface area contributed by atoms with Crippen molar-refractivity contribution in [2.75, 3.05) is 0 Å². The first-order chi connectivity index (χ1) is 7.68. The van der Waals surface area contributed by atoms with Crippen LogP contribution in [0.4, 0.5) is 0 Å². The van der Waals surface area contributed by atoms with Gasteiger partial charge in [0.25, 0.3) is 0 Å². The maximum absolute atomic E-state index is 10.8. The van der Waals surface area contributed by atoms with Crippen molar-refractivity contribution in [3.63, 3.8) is 0 Å². The maximum atomic E-state index is 10.8. The summed E-state index contributed by atoms with van der Waals surface area (Å²) in [6, 6.07) is 5.81. The van der Waals surface area contributed by atoms with Crippen molar-refractivity contribution in [2.24, 2.45) is 5.92 Å². The van der Waals surface area contributed by atoms with Gasteiger partial charge in [-0.2, -0.15) is 0 Å². The van der Waals surface area contributed by atoms with Gasteiger partial charge in [0, 0.05) is 12.1 Å². The quantitative estimate of drug-likeness (QED) is 0.918. The second-order valence-electron chi connectivity index (χ2n) is 4.00. The van der Waals surface area contributed by atoms with Crippen molar-refractivity contribution in [2.45, 2.75) is 12.3 Å². The highest BCUT2D eigenvalue weighted by Crippen LogP contribution is 2.47. The van der Waals surface area contributed by atoms with Gasteiger partial charge in [-0.05, 0) is 34.5 Å². The molecular formula is C11H9BrN2O2. The molecule has 0 bridgehead atoms. The summed E-state index contributed by atoms with van der Waals surface area (Å²) in [5.41, 5.74) is 0.980. The summed E-state index contributed by atoms with van der Waals surface area (Å²) in [6.07, 6.45) is 2.61.